The molecular weight excluding hydrogens is 160 g/mol. The largest absolute Gasteiger partial charge is 0.385 e. The number of hydrogen-bond donors (Lipinski definition) is 3. The molecule has 0 aromatic carbocycles. The molecule has 1 aliphatic rings. The van der Waals surface area contributed by atoms with Gasteiger partial charge in [0.15, 0.2) is 0 Å². The molecule has 1 rings (SSSR count). The number of nitrogens with one attached hydrogen (secondary N) is 1. The third-order valence-electron chi connectivity index (χ3n) is 2.23. The van der Waals surface area contributed by atoms with Crippen LogP contribution in [0.25, 0.3) is 0 Å². The van der Waals surface area contributed by atoms with Gasteiger partial charge >= 0.3 is 6.03 Å². The molecule has 2 amide bonds. The van der Waals surface area contributed by atoms with E-state index in [1.54, 1.807) is 6.92 Å². The van der Waals surface area contributed by atoms with E-state index in [4.69, 9.17) is 10.5 Å². The van der Waals surface area contributed by atoms with Crippen molar-refractivity contribution in [2.45, 2.75) is 25.0 Å². The first kappa shape index (κ1) is 9.28. The van der Waals surface area contributed by atoms with Crippen LogP contribution in [0.3, 0.4) is 0 Å². The van der Waals surface area contributed by atoms with E-state index < -0.39 is 11.6 Å². The highest BCUT2D eigenvalue weighted by Crippen LogP contribution is 2.24. The minimum absolute atomic E-state index is 0.156. The van der Waals surface area contributed by atoms with Crippen molar-refractivity contribution in [1.82, 2.24) is 5.32 Å². The van der Waals surface area contributed by atoms with Gasteiger partial charge in [0.25, 0.3) is 0 Å². The number of urea groups is 1. The third kappa shape index (κ3) is 1.86. The number of nitrogens with two attached hydrogens (primary N) is 1. The van der Waals surface area contributed by atoms with Crippen LogP contribution in [0.5, 0.6) is 0 Å². The van der Waals surface area contributed by atoms with Crippen LogP contribution in [0, 0.1) is 0 Å². The first-order valence-corrected chi connectivity index (χ1v) is 3.92. The van der Waals surface area contributed by atoms with E-state index >= 15 is 0 Å². The number of rotatable bonds is 2. The summed E-state index contributed by atoms with van der Waals surface area (Å²) in [5.41, 5.74) is 3.92. The van der Waals surface area contributed by atoms with E-state index in [0.29, 0.717) is 13.0 Å². The lowest BCUT2D eigenvalue weighted by molar-refractivity contribution is -0.0241. The molecule has 2 atom stereocenters. The monoisotopic (exact) mass is 174 g/mol. The Hall–Kier alpha value is -0.810. The Morgan fingerprint density at radius 2 is 2.58 bits per heavy atom. The van der Waals surface area contributed by atoms with Gasteiger partial charge in [-0.2, -0.15) is 0 Å². The van der Waals surface area contributed by atoms with Crippen molar-refractivity contribution in [2.24, 2.45) is 5.73 Å². The van der Waals surface area contributed by atoms with Gasteiger partial charge in [0.05, 0.1) is 12.6 Å². The van der Waals surface area contributed by atoms with E-state index in [2.05, 4.69) is 5.32 Å². The molecule has 70 valence electrons. The molecule has 5 heteroatoms. The molecule has 2 unspecified atom stereocenters. The first-order valence-electron chi connectivity index (χ1n) is 3.92. The Bertz CT molecular complexity index is 185. The van der Waals surface area contributed by atoms with Crippen molar-refractivity contribution in [2.75, 3.05) is 13.2 Å². The maximum Gasteiger partial charge on any atom is 0.312 e. The summed E-state index contributed by atoms with van der Waals surface area (Å²) < 4.78 is 5.16. The van der Waals surface area contributed by atoms with Crippen LogP contribution in [0.15, 0.2) is 0 Å². The number of amides is 2. The minimum Gasteiger partial charge on any atom is -0.385 e. The molecule has 1 fully saturated rings. The zero-order valence-corrected chi connectivity index (χ0v) is 7.04. The Morgan fingerprint density at radius 1 is 1.92 bits per heavy atom. The fourth-order valence-corrected chi connectivity index (χ4v) is 1.24. The van der Waals surface area contributed by atoms with Crippen molar-refractivity contribution >= 4 is 6.03 Å². The molecule has 1 saturated heterocycles. The fraction of sp³-hybridized carbons (Fsp3) is 0.857. The van der Waals surface area contributed by atoms with Crippen LogP contribution in [-0.4, -0.2) is 36.0 Å². The average molecular weight is 174 g/mol. The summed E-state index contributed by atoms with van der Waals surface area (Å²) in [4.78, 5) is 10.4. The zero-order valence-electron chi connectivity index (χ0n) is 7.04. The minimum atomic E-state index is -0.949. The SMILES string of the molecule is CC1OCCC1(O)CNC(N)=O. The number of carbonyl (C=O) groups is 1. The highest BCUT2D eigenvalue weighted by Gasteiger charge is 2.39. The number of hydrogen-bond acceptors (Lipinski definition) is 3. The molecular formula is C7H14N2O3. The summed E-state index contributed by atoms with van der Waals surface area (Å²) >= 11 is 0. The Labute approximate surface area is 70.9 Å². The number of primary amides is 1. The molecule has 0 radical (unpaired) electrons. The third-order valence-corrected chi connectivity index (χ3v) is 2.23. The fourth-order valence-electron chi connectivity index (χ4n) is 1.24. The van der Waals surface area contributed by atoms with E-state index in [1.807, 2.05) is 0 Å². The Balaban J connectivity index is 2.42. The summed E-state index contributed by atoms with van der Waals surface area (Å²) in [6.07, 6.45) is 0.290. The van der Waals surface area contributed by atoms with E-state index in [1.165, 1.54) is 0 Å². The van der Waals surface area contributed by atoms with Gasteiger partial charge in [-0.15, -0.1) is 0 Å². The molecule has 0 aliphatic carbocycles. The highest BCUT2D eigenvalue weighted by atomic mass is 16.5. The van der Waals surface area contributed by atoms with Crippen LogP contribution in [0.2, 0.25) is 0 Å². The molecule has 4 N–H and O–H groups in total. The number of ether oxygens (including phenoxy) is 1. The lowest BCUT2D eigenvalue weighted by Gasteiger charge is -2.25. The smallest absolute Gasteiger partial charge is 0.312 e. The van der Waals surface area contributed by atoms with Crippen LogP contribution < -0.4 is 11.1 Å². The van der Waals surface area contributed by atoms with Gasteiger partial charge in [-0.25, -0.2) is 4.79 Å². The molecule has 0 aromatic rings. The molecule has 5 nitrogen and oxygen atoms in total. The van der Waals surface area contributed by atoms with Crippen LogP contribution >= 0.6 is 0 Å². The highest BCUT2D eigenvalue weighted by molar-refractivity contribution is 5.71. The predicted molar refractivity (Wildman–Crippen MR) is 42.6 cm³/mol. The van der Waals surface area contributed by atoms with Crippen LogP contribution in [0.1, 0.15) is 13.3 Å². The van der Waals surface area contributed by atoms with Crippen molar-refractivity contribution in [3.63, 3.8) is 0 Å². The average Bonchev–Trinajstić information content (AvgIpc) is 2.30. The first-order chi connectivity index (χ1) is 5.54. The van der Waals surface area contributed by atoms with Gasteiger partial charge in [-0.3, -0.25) is 0 Å². The second kappa shape index (κ2) is 3.28. The summed E-state index contributed by atoms with van der Waals surface area (Å²) in [6, 6.07) is -0.623. The van der Waals surface area contributed by atoms with Gasteiger partial charge in [0, 0.05) is 13.0 Å². The maximum atomic E-state index is 10.4. The second-order valence-corrected chi connectivity index (χ2v) is 3.08. The van der Waals surface area contributed by atoms with Gasteiger partial charge in [-0.05, 0) is 6.92 Å². The van der Waals surface area contributed by atoms with Gasteiger partial charge in [-0.1, -0.05) is 0 Å². The molecule has 12 heavy (non-hydrogen) atoms. The summed E-state index contributed by atoms with van der Waals surface area (Å²) in [5.74, 6) is 0. The van der Waals surface area contributed by atoms with E-state index in [0.717, 1.165) is 0 Å². The second-order valence-electron chi connectivity index (χ2n) is 3.08. The quantitative estimate of drug-likeness (QED) is 0.512. The van der Waals surface area contributed by atoms with Crippen LogP contribution in [0.4, 0.5) is 4.79 Å². The molecule has 0 saturated carbocycles. The van der Waals surface area contributed by atoms with Crippen molar-refractivity contribution < 1.29 is 14.6 Å². The standard InChI is InChI=1S/C7H14N2O3/c1-5-7(11,2-3-12-5)4-9-6(8)10/h5,11H,2-4H2,1H3,(H3,8,9,10). The van der Waals surface area contributed by atoms with Crippen molar-refractivity contribution in [1.29, 1.82) is 0 Å². The lowest BCUT2D eigenvalue weighted by Crippen LogP contribution is -2.48. The normalized spacial score (nSPS) is 35.0. The number of aliphatic hydroxyl groups is 1. The van der Waals surface area contributed by atoms with E-state index in [9.17, 15) is 9.90 Å². The zero-order chi connectivity index (χ0) is 9.19. The summed E-state index contributed by atoms with van der Waals surface area (Å²) in [7, 11) is 0. The predicted octanol–water partition coefficient (Wildman–Crippen LogP) is -0.805. The molecule has 0 spiro atoms. The summed E-state index contributed by atoms with van der Waals surface area (Å²) in [5, 5.41) is 12.2. The Morgan fingerprint density at radius 3 is 3.00 bits per heavy atom. The van der Waals surface area contributed by atoms with E-state index in [-0.39, 0.29) is 12.6 Å². The lowest BCUT2D eigenvalue weighted by atomic mass is 9.97. The van der Waals surface area contributed by atoms with Crippen LogP contribution in [-0.2, 0) is 4.74 Å². The van der Waals surface area contributed by atoms with Crippen molar-refractivity contribution in [3.05, 3.63) is 0 Å². The molecule has 0 bridgehead atoms. The Kier molecular flexibility index (Phi) is 2.54. The van der Waals surface area contributed by atoms with Gasteiger partial charge in [0.1, 0.15) is 5.60 Å². The van der Waals surface area contributed by atoms with Crippen molar-refractivity contribution in [3.8, 4) is 0 Å². The molecule has 0 aromatic heterocycles. The molecule has 1 heterocycles. The summed E-state index contributed by atoms with van der Waals surface area (Å²) in [6.45, 7) is 2.46. The van der Waals surface area contributed by atoms with Gasteiger partial charge < -0.3 is 20.9 Å². The number of carbonyl (C=O) groups excluding carboxylic acids is 1. The maximum absolute atomic E-state index is 10.4. The molecule has 1 aliphatic heterocycles. The topological polar surface area (TPSA) is 84.6 Å². The van der Waals surface area contributed by atoms with Gasteiger partial charge in [0.2, 0.25) is 0 Å².